The Kier molecular flexibility index (Phi) is 2.87. The van der Waals surface area contributed by atoms with Crippen molar-refractivity contribution in [3.8, 4) is 0 Å². The maximum absolute atomic E-state index is 12.4. The second kappa shape index (κ2) is 4.55. The van der Waals surface area contributed by atoms with E-state index >= 15 is 0 Å². The highest BCUT2D eigenvalue weighted by Gasteiger charge is 2.41. The van der Waals surface area contributed by atoms with Gasteiger partial charge < -0.3 is 0 Å². The molecule has 19 heavy (non-hydrogen) atoms. The Morgan fingerprint density at radius 3 is 2.58 bits per heavy atom. The van der Waals surface area contributed by atoms with Crippen LogP contribution >= 0.6 is 11.3 Å². The third kappa shape index (κ3) is 2.04. The number of nitrogens with zero attached hydrogens (tertiary/aromatic N) is 3. The van der Waals surface area contributed by atoms with Crippen LogP contribution in [0.15, 0.2) is 30.3 Å². The minimum absolute atomic E-state index is 0.196. The number of aromatic nitrogens is 2. The molecule has 3 rings (SSSR count). The zero-order chi connectivity index (χ0) is 13.4. The largest absolute Gasteiger partial charge is 0.274 e. The fourth-order valence-corrected chi connectivity index (χ4v) is 2.87. The predicted octanol–water partition coefficient (Wildman–Crippen LogP) is 1.89. The maximum atomic E-state index is 12.4. The smallest absolute Gasteiger partial charge is 0.243 e. The molecule has 6 heteroatoms. The van der Waals surface area contributed by atoms with Crippen molar-refractivity contribution in [3.05, 3.63) is 40.9 Å². The number of benzene rings is 1. The lowest BCUT2D eigenvalue weighted by Crippen LogP contribution is -2.29. The highest BCUT2D eigenvalue weighted by Crippen LogP contribution is 2.34. The summed E-state index contributed by atoms with van der Waals surface area (Å²) < 4.78 is 0. The molecular formula is C13H11N3O2S. The summed E-state index contributed by atoms with van der Waals surface area (Å²) >= 11 is 1.25. The summed E-state index contributed by atoms with van der Waals surface area (Å²) in [4.78, 5) is 25.5. The molecule has 2 amide bonds. The Morgan fingerprint density at radius 1 is 1.21 bits per heavy atom. The van der Waals surface area contributed by atoms with E-state index in [1.54, 1.807) is 6.92 Å². The first-order valence-electron chi connectivity index (χ1n) is 5.88. The second-order valence-corrected chi connectivity index (χ2v) is 5.50. The normalized spacial score (nSPS) is 19.2. The number of carbonyl (C=O) groups excluding carboxylic acids is 2. The molecule has 1 atom stereocenters. The molecule has 96 valence electrons. The van der Waals surface area contributed by atoms with Crippen LogP contribution in [0.2, 0.25) is 0 Å². The van der Waals surface area contributed by atoms with Gasteiger partial charge in [0.1, 0.15) is 5.01 Å². The van der Waals surface area contributed by atoms with Gasteiger partial charge >= 0.3 is 0 Å². The Bertz CT molecular complexity index is 638. The zero-order valence-corrected chi connectivity index (χ0v) is 11.1. The Labute approximate surface area is 113 Å². The van der Waals surface area contributed by atoms with Crippen molar-refractivity contribution in [2.75, 3.05) is 4.90 Å². The van der Waals surface area contributed by atoms with Gasteiger partial charge in [0.2, 0.25) is 16.9 Å². The van der Waals surface area contributed by atoms with Gasteiger partial charge in [-0.05, 0) is 12.5 Å². The molecule has 1 aromatic carbocycles. The SMILES string of the molecule is Cc1nnc(N2C(=O)CC(c3ccccc3)C2=O)s1. The monoisotopic (exact) mass is 273 g/mol. The molecule has 0 bridgehead atoms. The lowest BCUT2D eigenvalue weighted by atomic mass is 9.98. The van der Waals surface area contributed by atoms with Gasteiger partial charge in [-0.1, -0.05) is 41.7 Å². The van der Waals surface area contributed by atoms with E-state index in [2.05, 4.69) is 10.2 Å². The first kappa shape index (κ1) is 12.0. The van der Waals surface area contributed by atoms with Crippen LogP contribution in [0.5, 0.6) is 0 Å². The Balaban J connectivity index is 1.94. The van der Waals surface area contributed by atoms with Crippen molar-refractivity contribution in [3.63, 3.8) is 0 Å². The van der Waals surface area contributed by atoms with Crippen molar-refractivity contribution in [1.82, 2.24) is 10.2 Å². The number of imide groups is 1. The third-order valence-corrected chi connectivity index (χ3v) is 3.88. The molecule has 1 unspecified atom stereocenters. The van der Waals surface area contributed by atoms with Crippen LogP contribution in [0.1, 0.15) is 22.9 Å². The summed E-state index contributed by atoms with van der Waals surface area (Å²) in [5, 5.41) is 8.83. The van der Waals surface area contributed by atoms with Gasteiger partial charge in [-0.15, -0.1) is 10.2 Å². The fourth-order valence-electron chi connectivity index (χ4n) is 2.16. The summed E-state index contributed by atoms with van der Waals surface area (Å²) in [6.07, 6.45) is 0.196. The lowest BCUT2D eigenvalue weighted by molar-refractivity contribution is -0.121. The minimum atomic E-state index is -0.405. The quantitative estimate of drug-likeness (QED) is 0.784. The average Bonchev–Trinajstić information content (AvgIpc) is 2.95. The van der Waals surface area contributed by atoms with Crippen LogP contribution in [0.25, 0.3) is 0 Å². The van der Waals surface area contributed by atoms with Crippen molar-refractivity contribution < 1.29 is 9.59 Å². The van der Waals surface area contributed by atoms with Gasteiger partial charge in [-0.2, -0.15) is 0 Å². The topological polar surface area (TPSA) is 63.2 Å². The summed E-state index contributed by atoms with van der Waals surface area (Å²) in [6.45, 7) is 1.79. The standard InChI is InChI=1S/C13H11N3O2S/c1-8-14-15-13(19-8)16-11(17)7-10(12(16)18)9-5-3-2-4-6-9/h2-6,10H,7H2,1H3. The molecule has 0 aliphatic carbocycles. The lowest BCUT2D eigenvalue weighted by Gasteiger charge is -2.10. The van der Waals surface area contributed by atoms with Crippen LogP contribution in [0.3, 0.4) is 0 Å². The molecule has 0 spiro atoms. The van der Waals surface area contributed by atoms with E-state index in [9.17, 15) is 9.59 Å². The molecule has 2 heterocycles. The van der Waals surface area contributed by atoms with Crippen molar-refractivity contribution >= 4 is 28.3 Å². The van der Waals surface area contributed by atoms with Gasteiger partial charge in [-0.25, -0.2) is 4.90 Å². The van der Waals surface area contributed by atoms with Crippen LogP contribution in [-0.2, 0) is 9.59 Å². The van der Waals surface area contributed by atoms with Gasteiger partial charge in [0.05, 0.1) is 5.92 Å². The number of hydrogen-bond acceptors (Lipinski definition) is 5. The van der Waals surface area contributed by atoms with Crippen LogP contribution in [0.4, 0.5) is 5.13 Å². The number of carbonyl (C=O) groups is 2. The Hall–Kier alpha value is -2.08. The van der Waals surface area contributed by atoms with Crippen LogP contribution < -0.4 is 4.90 Å². The first-order chi connectivity index (χ1) is 9.16. The predicted molar refractivity (Wildman–Crippen MR) is 70.9 cm³/mol. The van der Waals surface area contributed by atoms with Crippen LogP contribution in [-0.4, -0.2) is 22.0 Å². The van der Waals surface area contributed by atoms with Crippen molar-refractivity contribution in [1.29, 1.82) is 0 Å². The zero-order valence-electron chi connectivity index (χ0n) is 10.2. The molecule has 2 aromatic rings. The maximum Gasteiger partial charge on any atom is 0.243 e. The Morgan fingerprint density at radius 2 is 1.95 bits per heavy atom. The molecule has 1 aliphatic heterocycles. The summed E-state index contributed by atoms with van der Waals surface area (Å²) in [5.41, 5.74) is 0.865. The number of rotatable bonds is 2. The molecule has 1 saturated heterocycles. The third-order valence-electron chi connectivity index (χ3n) is 3.06. The minimum Gasteiger partial charge on any atom is -0.274 e. The number of anilines is 1. The summed E-state index contributed by atoms with van der Waals surface area (Å²) in [7, 11) is 0. The van der Waals surface area contributed by atoms with Crippen molar-refractivity contribution in [2.24, 2.45) is 0 Å². The van der Waals surface area contributed by atoms with E-state index in [-0.39, 0.29) is 18.2 Å². The molecule has 1 aromatic heterocycles. The second-order valence-electron chi connectivity index (χ2n) is 4.34. The number of hydrogen-bond donors (Lipinski definition) is 0. The van der Waals surface area contributed by atoms with Gasteiger partial charge in [0.15, 0.2) is 0 Å². The molecule has 5 nitrogen and oxygen atoms in total. The van der Waals surface area contributed by atoms with E-state index in [1.807, 2.05) is 30.3 Å². The van der Waals surface area contributed by atoms with Gasteiger partial charge in [0.25, 0.3) is 0 Å². The molecule has 1 fully saturated rings. The van der Waals surface area contributed by atoms with Gasteiger partial charge in [-0.3, -0.25) is 9.59 Å². The molecular weight excluding hydrogens is 262 g/mol. The van der Waals surface area contributed by atoms with E-state index in [4.69, 9.17) is 0 Å². The van der Waals surface area contributed by atoms with E-state index in [0.717, 1.165) is 15.5 Å². The molecule has 0 saturated carbocycles. The summed E-state index contributed by atoms with van der Waals surface area (Å²) in [5.74, 6) is -0.833. The first-order valence-corrected chi connectivity index (χ1v) is 6.70. The van der Waals surface area contributed by atoms with E-state index in [1.165, 1.54) is 11.3 Å². The summed E-state index contributed by atoms with van der Waals surface area (Å²) in [6, 6.07) is 9.35. The van der Waals surface area contributed by atoms with Gasteiger partial charge in [0, 0.05) is 6.42 Å². The van der Waals surface area contributed by atoms with E-state index in [0.29, 0.717) is 5.13 Å². The average molecular weight is 273 g/mol. The highest BCUT2D eigenvalue weighted by molar-refractivity contribution is 7.15. The van der Waals surface area contributed by atoms with Crippen LogP contribution in [0, 0.1) is 6.92 Å². The fraction of sp³-hybridized carbons (Fsp3) is 0.231. The molecule has 0 N–H and O–H groups in total. The number of aryl methyl sites for hydroxylation is 1. The molecule has 0 radical (unpaired) electrons. The van der Waals surface area contributed by atoms with E-state index < -0.39 is 5.92 Å². The number of amides is 2. The van der Waals surface area contributed by atoms with Crippen molar-refractivity contribution in [2.45, 2.75) is 19.3 Å². The highest BCUT2D eigenvalue weighted by atomic mass is 32.1. The molecule has 1 aliphatic rings.